The van der Waals surface area contributed by atoms with Crippen molar-refractivity contribution in [3.05, 3.63) is 23.8 Å². The van der Waals surface area contributed by atoms with Crippen molar-refractivity contribution in [2.75, 3.05) is 26.3 Å². The largest absolute Gasteiger partial charge is 0.486 e. The SMILES string of the molecule is CCN[C@H](C)CNC(=O)C1CC1c1ccc2c(c1)OCCO2.Cl. The molecule has 5 nitrogen and oxygen atoms in total. The first kappa shape index (κ1) is 17.9. The molecule has 0 radical (unpaired) electrons. The van der Waals surface area contributed by atoms with Crippen molar-refractivity contribution in [3.8, 4) is 11.5 Å². The van der Waals surface area contributed by atoms with Crippen LogP contribution in [0.4, 0.5) is 0 Å². The van der Waals surface area contributed by atoms with Crippen molar-refractivity contribution in [1.29, 1.82) is 0 Å². The lowest BCUT2D eigenvalue weighted by Gasteiger charge is -2.19. The highest BCUT2D eigenvalue weighted by Gasteiger charge is 2.44. The summed E-state index contributed by atoms with van der Waals surface area (Å²) < 4.78 is 11.1. The zero-order valence-corrected chi connectivity index (χ0v) is 14.4. The molecule has 1 saturated carbocycles. The van der Waals surface area contributed by atoms with Crippen molar-refractivity contribution in [2.45, 2.75) is 32.2 Å². The van der Waals surface area contributed by atoms with E-state index in [0.29, 0.717) is 31.7 Å². The molecule has 6 heteroatoms. The summed E-state index contributed by atoms with van der Waals surface area (Å²) in [5, 5.41) is 6.33. The number of ether oxygens (including phenoxy) is 2. The molecule has 1 aromatic rings. The third-order valence-electron chi connectivity index (χ3n) is 4.26. The zero-order valence-electron chi connectivity index (χ0n) is 13.6. The van der Waals surface area contributed by atoms with Gasteiger partial charge in [-0.1, -0.05) is 13.0 Å². The minimum Gasteiger partial charge on any atom is -0.486 e. The lowest BCUT2D eigenvalue weighted by atomic mass is 10.1. The molecule has 23 heavy (non-hydrogen) atoms. The summed E-state index contributed by atoms with van der Waals surface area (Å²) >= 11 is 0. The fraction of sp³-hybridized carbons (Fsp3) is 0.588. The van der Waals surface area contributed by atoms with E-state index in [9.17, 15) is 4.79 Å². The molecule has 0 aromatic heterocycles. The van der Waals surface area contributed by atoms with Gasteiger partial charge in [0.05, 0.1) is 0 Å². The maximum absolute atomic E-state index is 12.2. The number of hydrogen-bond donors (Lipinski definition) is 2. The Labute approximate surface area is 143 Å². The number of fused-ring (bicyclic) bond motifs is 1. The molecule has 1 aliphatic carbocycles. The van der Waals surface area contributed by atoms with Gasteiger partial charge in [0.2, 0.25) is 5.91 Å². The Kier molecular flexibility index (Phi) is 6.13. The standard InChI is InChI=1S/C17H24N2O3.ClH/c1-3-18-11(2)10-19-17(20)14-9-13(14)12-4-5-15-16(8-12)22-7-6-21-15;/h4-5,8,11,13-14,18H,3,6-7,9-10H2,1-2H3,(H,19,20);1H/t11-,13?,14?;/m1./s1. The zero-order chi connectivity index (χ0) is 15.5. The molecular formula is C17H25ClN2O3. The number of amides is 1. The second-order valence-corrected chi connectivity index (χ2v) is 6.06. The van der Waals surface area contributed by atoms with E-state index in [2.05, 4.69) is 24.5 Å². The van der Waals surface area contributed by atoms with Crippen molar-refractivity contribution < 1.29 is 14.3 Å². The molecule has 0 bridgehead atoms. The minimum atomic E-state index is 0. The van der Waals surface area contributed by atoms with Crippen molar-refractivity contribution in [2.24, 2.45) is 5.92 Å². The summed E-state index contributed by atoms with van der Waals surface area (Å²) in [6.45, 7) is 6.93. The van der Waals surface area contributed by atoms with Crippen LogP contribution in [0.3, 0.4) is 0 Å². The summed E-state index contributed by atoms with van der Waals surface area (Å²) in [4.78, 5) is 12.2. The Hall–Kier alpha value is -1.46. The molecule has 0 spiro atoms. The summed E-state index contributed by atoms with van der Waals surface area (Å²) in [5.74, 6) is 2.16. The molecule has 3 atom stereocenters. The molecule has 1 heterocycles. The van der Waals surface area contributed by atoms with E-state index in [1.807, 2.05) is 18.2 Å². The fourth-order valence-corrected chi connectivity index (χ4v) is 2.95. The lowest BCUT2D eigenvalue weighted by molar-refractivity contribution is -0.122. The van der Waals surface area contributed by atoms with E-state index in [0.717, 1.165) is 24.5 Å². The number of hydrogen-bond acceptors (Lipinski definition) is 4. The molecular weight excluding hydrogens is 316 g/mol. The Balaban J connectivity index is 0.00000192. The van der Waals surface area contributed by atoms with Crippen molar-refractivity contribution in [3.63, 3.8) is 0 Å². The number of rotatable bonds is 6. The molecule has 2 unspecified atom stereocenters. The monoisotopic (exact) mass is 340 g/mol. The average molecular weight is 341 g/mol. The van der Waals surface area contributed by atoms with Crippen LogP contribution in [0, 0.1) is 5.92 Å². The van der Waals surface area contributed by atoms with Crippen LogP contribution in [0.1, 0.15) is 31.7 Å². The van der Waals surface area contributed by atoms with Crippen LogP contribution in [0.5, 0.6) is 11.5 Å². The summed E-state index contributed by atoms with van der Waals surface area (Å²) in [7, 11) is 0. The van der Waals surface area contributed by atoms with Gasteiger partial charge in [-0.3, -0.25) is 4.79 Å². The molecule has 0 saturated heterocycles. The van der Waals surface area contributed by atoms with Crippen LogP contribution in [0.25, 0.3) is 0 Å². The quantitative estimate of drug-likeness (QED) is 0.832. The van der Waals surface area contributed by atoms with Crippen LogP contribution in [0.2, 0.25) is 0 Å². The summed E-state index contributed by atoms with van der Waals surface area (Å²) in [6, 6.07) is 6.32. The summed E-state index contributed by atoms with van der Waals surface area (Å²) in [6.07, 6.45) is 0.918. The number of nitrogens with one attached hydrogen (secondary N) is 2. The van der Waals surface area contributed by atoms with E-state index in [1.54, 1.807) is 0 Å². The van der Waals surface area contributed by atoms with Gasteiger partial charge in [-0.25, -0.2) is 0 Å². The molecule has 128 valence electrons. The van der Waals surface area contributed by atoms with Crippen LogP contribution in [-0.2, 0) is 4.79 Å². The van der Waals surface area contributed by atoms with Gasteiger partial charge >= 0.3 is 0 Å². The Bertz CT molecular complexity index is 553. The second-order valence-electron chi connectivity index (χ2n) is 6.06. The van der Waals surface area contributed by atoms with Gasteiger partial charge in [-0.05, 0) is 43.5 Å². The molecule has 1 aliphatic heterocycles. The number of likely N-dealkylation sites (N-methyl/N-ethyl adjacent to an activating group) is 1. The maximum atomic E-state index is 12.2. The molecule has 1 fully saturated rings. The van der Waals surface area contributed by atoms with E-state index >= 15 is 0 Å². The molecule has 2 N–H and O–H groups in total. The average Bonchev–Trinajstić information content (AvgIpc) is 3.33. The van der Waals surface area contributed by atoms with Crippen molar-refractivity contribution in [1.82, 2.24) is 10.6 Å². The fourth-order valence-electron chi connectivity index (χ4n) is 2.95. The van der Waals surface area contributed by atoms with E-state index in [1.165, 1.54) is 5.56 Å². The van der Waals surface area contributed by atoms with Crippen LogP contribution >= 0.6 is 12.4 Å². The summed E-state index contributed by atoms with van der Waals surface area (Å²) in [5.41, 5.74) is 1.17. The van der Waals surface area contributed by atoms with Crippen LogP contribution in [-0.4, -0.2) is 38.3 Å². The molecule has 2 aliphatic rings. The van der Waals surface area contributed by atoms with E-state index in [4.69, 9.17) is 9.47 Å². The topological polar surface area (TPSA) is 59.6 Å². The van der Waals surface area contributed by atoms with Gasteiger partial charge in [0.1, 0.15) is 13.2 Å². The van der Waals surface area contributed by atoms with Crippen LogP contribution in [0.15, 0.2) is 18.2 Å². The second kappa shape index (κ2) is 7.88. The maximum Gasteiger partial charge on any atom is 0.223 e. The lowest BCUT2D eigenvalue weighted by Crippen LogP contribution is -2.39. The van der Waals surface area contributed by atoms with Crippen molar-refractivity contribution >= 4 is 18.3 Å². The van der Waals surface area contributed by atoms with Gasteiger partial charge in [0, 0.05) is 18.5 Å². The van der Waals surface area contributed by atoms with Crippen LogP contribution < -0.4 is 20.1 Å². The normalized spacial score (nSPS) is 22.7. The molecule has 1 aromatic carbocycles. The third kappa shape index (κ3) is 4.30. The van der Waals surface area contributed by atoms with E-state index < -0.39 is 0 Å². The first-order chi connectivity index (χ1) is 10.7. The predicted octanol–water partition coefficient (Wildman–Crippen LogP) is 2.10. The third-order valence-corrected chi connectivity index (χ3v) is 4.26. The first-order valence-corrected chi connectivity index (χ1v) is 8.09. The Morgan fingerprint density at radius 2 is 2.04 bits per heavy atom. The van der Waals surface area contributed by atoms with Gasteiger partial charge in [0.15, 0.2) is 11.5 Å². The Morgan fingerprint density at radius 1 is 1.30 bits per heavy atom. The number of benzene rings is 1. The van der Waals surface area contributed by atoms with Gasteiger partial charge in [0.25, 0.3) is 0 Å². The highest BCUT2D eigenvalue weighted by molar-refractivity contribution is 5.85. The first-order valence-electron chi connectivity index (χ1n) is 8.09. The van der Waals surface area contributed by atoms with E-state index in [-0.39, 0.29) is 24.2 Å². The Morgan fingerprint density at radius 3 is 2.78 bits per heavy atom. The number of carbonyl (C=O) groups excluding carboxylic acids is 1. The molecule has 3 rings (SSSR count). The van der Waals surface area contributed by atoms with Gasteiger partial charge < -0.3 is 20.1 Å². The van der Waals surface area contributed by atoms with Gasteiger partial charge in [-0.2, -0.15) is 0 Å². The number of halogens is 1. The smallest absolute Gasteiger partial charge is 0.223 e. The number of carbonyl (C=O) groups is 1. The van der Waals surface area contributed by atoms with Gasteiger partial charge in [-0.15, -0.1) is 12.4 Å². The highest BCUT2D eigenvalue weighted by Crippen LogP contribution is 2.49. The predicted molar refractivity (Wildman–Crippen MR) is 91.7 cm³/mol. The molecule has 1 amide bonds. The highest BCUT2D eigenvalue weighted by atomic mass is 35.5. The minimum absolute atomic E-state index is 0.